The number of aromatic nitrogens is 1. The van der Waals surface area contributed by atoms with Gasteiger partial charge in [-0.2, -0.15) is 0 Å². The van der Waals surface area contributed by atoms with Crippen molar-refractivity contribution in [2.45, 2.75) is 32.5 Å². The zero-order valence-electron chi connectivity index (χ0n) is 19.1. The number of aliphatic carboxylic acids is 1. The van der Waals surface area contributed by atoms with Crippen LogP contribution in [0.3, 0.4) is 0 Å². The lowest BCUT2D eigenvalue weighted by Crippen LogP contribution is -2.71. The Labute approximate surface area is 201 Å². The predicted molar refractivity (Wildman–Crippen MR) is 131 cm³/mol. The molecule has 2 amide bonds. The Balaban J connectivity index is 1.93. The second kappa shape index (κ2) is 9.51. The molecule has 0 saturated carbocycles. The number of carbonyl (C=O) groups excluding carboxylic acids is 2. The van der Waals surface area contributed by atoms with Gasteiger partial charge in [-0.15, -0.1) is 11.3 Å². The number of urea groups is 1. The third-order valence-electron chi connectivity index (χ3n) is 6.75. The number of allylic oxidation sites excluding steroid dienone is 1. The quantitative estimate of drug-likeness (QED) is 0.444. The fraction of sp³-hybridized carbons (Fsp3) is 0.435. The predicted octanol–water partition coefficient (Wildman–Crippen LogP) is 2.58. The monoisotopic (exact) mass is 484 g/mol. The summed E-state index contributed by atoms with van der Waals surface area (Å²) in [6.07, 6.45) is 6.56. The molecule has 1 saturated heterocycles. The molecular formula is C23H28N6O4S. The zero-order valence-corrected chi connectivity index (χ0v) is 19.9. The smallest absolute Gasteiger partial charge is 0.318 e. The summed E-state index contributed by atoms with van der Waals surface area (Å²) in [5.74, 6) is -3.02. The summed E-state index contributed by atoms with van der Waals surface area (Å²) in [4.78, 5) is 48.3. The number of anilines is 1. The minimum Gasteiger partial charge on any atom is -0.481 e. The van der Waals surface area contributed by atoms with E-state index >= 15 is 0 Å². The number of hydrogen-bond acceptors (Lipinski definition) is 8. The average molecular weight is 485 g/mol. The molecule has 0 radical (unpaired) electrons. The molecule has 2 aliphatic heterocycles. The minimum absolute atomic E-state index is 0.327. The van der Waals surface area contributed by atoms with Crippen LogP contribution in [-0.4, -0.2) is 60.0 Å². The molecule has 2 aromatic rings. The molecule has 1 fully saturated rings. The van der Waals surface area contributed by atoms with Gasteiger partial charge in [0.2, 0.25) is 5.79 Å². The van der Waals surface area contributed by atoms with Gasteiger partial charge in [-0.3, -0.25) is 14.9 Å². The van der Waals surface area contributed by atoms with Gasteiger partial charge in [0, 0.05) is 36.8 Å². The molecule has 1 aromatic heterocycles. The van der Waals surface area contributed by atoms with E-state index in [1.165, 1.54) is 11.3 Å². The van der Waals surface area contributed by atoms with Crippen LogP contribution in [0, 0.1) is 11.3 Å². The Morgan fingerprint density at radius 2 is 2.21 bits per heavy atom. The van der Waals surface area contributed by atoms with E-state index in [4.69, 9.17) is 4.99 Å². The number of rotatable bonds is 7. The molecule has 0 spiro atoms. The number of carboxylic acid groups (broad SMARTS) is 1. The van der Waals surface area contributed by atoms with Gasteiger partial charge in [0.15, 0.2) is 6.29 Å². The van der Waals surface area contributed by atoms with E-state index in [0.29, 0.717) is 49.2 Å². The molecule has 180 valence electrons. The highest BCUT2D eigenvalue weighted by Gasteiger charge is 2.59. The number of piperidine rings is 1. The molecule has 3 heterocycles. The first-order chi connectivity index (χ1) is 16.4. The SMILES string of the molecule is CCNC(=O)NC1(C2CNCCC2(CC)C(=O)O)N=CC=CN1c1cc(C=O)c2scnc2c1. The van der Waals surface area contributed by atoms with Crippen LogP contribution >= 0.6 is 11.3 Å². The van der Waals surface area contributed by atoms with Crippen molar-refractivity contribution in [1.29, 1.82) is 0 Å². The third kappa shape index (κ3) is 3.84. The fourth-order valence-corrected chi connectivity index (χ4v) is 5.79. The Hall–Kier alpha value is -3.31. The van der Waals surface area contributed by atoms with E-state index in [-0.39, 0.29) is 0 Å². The normalized spacial score (nSPS) is 26.4. The number of nitrogens with one attached hydrogen (secondary N) is 3. The minimum atomic E-state index is -1.46. The standard InChI is InChI=1S/C23H28N6O4S/c1-3-22(20(31)32)6-8-24-12-18(22)23(28-21(33)25-4-2)27-7-5-9-29(23)16-10-15(13-30)19-17(11-16)26-14-34-19/h5,7,9-11,13-14,18,24H,3-4,6,8,12H2,1-2H3,(H,31,32)(H2,25,28,33). The van der Waals surface area contributed by atoms with Gasteiger partial charge in [-0.05, 0) is 44.5 Å². The van der Waals surface area contributed by atoms with Crippen molar-refractivity contribution in [3.8, 4) is 0 Å². The number of nitrogens with zero attached hydrogens (tertiary/aromatic N) is 3. The van der Waals surface area contributed by atoms with Gasteiger partial charge < -0.3 is 20.6 Å². The van der Waals surface area contributed by atoms with Gasteiger partial charge in [0.05, 0.1) is 27.1 Å². The highest BCUT2D eigenvalue weighted by Crippen LogP contribution is 2.47. The van der Waals surface area contributed by atoms with Crippen molar-refractivity contribution in [3.05, 3.63) is 35.5 Å². The molecule has 0 bridgehead atoms. The number of carboxylic acids is 1. The second-order valence-corrected chi connectivity index (χ2v) is 9.23. The fourth-order valence-electron chi connectivity index (χ4n) is 5.04. The van der Waals surface area contributed by atoms with Gasteiger partial charge in [-0.25, -0.2) is 14.8 Å². The van der Waals surface area contributed by atoms with Crippen molar-refractivity contribution in [2.24, 2.45) is 16.3 Å². The van der Waals surface area contributed by atoms with Gasteiger partial charge in [0.25, 0.3) is 0 Å². The molecule has 4 N–H and O–H groups in total. The molecule has 0 aliphatic carbocycles. The average Bonchev–Trinajstić information content (AvgIpc) is 3.32. The van der Waals surface area contributed by atoms with Crippen LogP contribution in [-0.2, 0) is 4.79 Å². The number of carbonyl (C=O) groups is 3. The van der Waals surface area contributed by atoms with E-state index in [2.05, 4.69) is 20.9 Å². The summed E-state index contributed by atoms with van der Waals surface area (Å²) in [6.45, 7) is 4.92. The first-order valence-electron chi connectivity index (χ1n) is 11.3. The Morgan fingerprint density at radius 1 is 1.38 bits per heavy atom. The van der Waals surface area contributed by atoms with Gasteiger partial charge in [-0.1, -0.05) is 6.92 Å². The maximum atomic E-state index is 12.9. The molecule has 34 heavy (non-hydrogen) atoms. The first kappa shape index (κ1) is 23.8. The van der Waals surface area contributed by atoms with Crippen LogP contribution in [0.2, 0.25) is 0 Å². The van der Waals surface area contributed by atoms with Crippen molar-refractivity contribution in [2.75, 3.05) is 24.5 Å². The Morgan fingerprint density at radius 3 is 2.91 bits per heavy atom. The summed E-state index contributed by atoms with van der Waals surface area (Å²) in [5.41, 5.74) is 2.21. The number of amides is 2. The van der Waals surface area contributed by atoms with E-state index in [1.807, 2.05) is 13.0 Å². The maximum Gasteiger partial charge on any atom is 0.318 e. The van der Waals surface area contributed by atoms with Crippen LogP contribution in [0.1, 0.15) is 37.0 Å². The van der Waals surface area contributed by atoms with Crippen molar-refractivity contribution < 1.29 is 19.5 Å². The molecule has 3 atom stereocenters. The molecule has 1 aromatic carbocycles. The number of thiazole rings is 1. The number of aliphatic imine (C=N–C) groups is 1. The van der Waals surface area contributed by atoms with E-state index in [0.717, 1.165) is 11.0 Å². The van der Waals surface area contributed by atoms with E-state index in [1.54, 1.807) is 41.9 Å². The molecular weight excluding hydrogens is 456 g/mol. The highest BCUT2D eigenvalue weighted by atomic mass is 32.1. The van der Waals surface area contributed by atoms with E-state index < -0.39 is 29.1 Å². The maximum absolute atomic E-state index is 12.9. The third-order valence-corrected chi connectivity index (χ3v) is 7.64. The summed E-state index contributed by atoms with van der Waals surface area (Å²) >= 11 is 1.37. The van der Waals surface area contributed by atoms with Gasteiger partial charge >= 0.3 is 12.0 Å². The second-order valence-electron chi connectivity index (χ2n) is 8.38. The Bertz CT molecular complexity index is 1160. The highest BCUT2D eigenvalue weighted by molar-refractivity contribution is 7.17. The van der Waals surface area contributed by atoms with Crippen LogP contribution in [0.25, 0.3) is 10.2 Å². The van der Waals surface area contributed by atoms with Crippen LogP contribution in [0.15, 0.2) is 34.9 Å². The van der Waals surface area contributed by atoms with E-state index in [9.17, 15) is 19.5 Å². The summed E-state index contributed by atoms with van der Waals surface area (Å²) in [6, 6.07) is 3.08. The molecule has 2 aliphatic rings. The molecule has 3 unspecified atom stereocenters. The lowest BCUT2D eigenvalue weighted by Gasteiger charge is -2.53. The molecule has 10 nitrogen and oxygen atoms in total. The largest absolute Gasteiger partial charge is 0.481 e. The lowest BCUT2D eigenvalue weighted by atomic mass is 9.65. The zero-order chi connectivity index (χ0) is 24.3. The molecule has 11 heteroatoms. The summed E-state index contributed by atoms with van der Waals surface area (Å²) in [7, 11) is 0. The number of fused-ring (bicyclic) bond motifs is 1. The lowest BCUT2D eigenvalue weighted by molar-refractivity contribution is -0.158. The summed E-state index contributed by atoms with van der Waals surface area (Å²) in [5, 5.41) is 19.4. The van der Waals surface area contributed by atoms with Crippen molar-refractivity contribution in [3.63, 3.8) is 0 Å². The van der Waals surface area contributed by atoms with Gasteiger partial charge in [0.1, 0.15) is 0 Å². The van der Waals surface area contributed by atoms with Crippen LogP contribution < -0.4 is 20.9 Å². The van der Waals surface area contributed by atoms with Crippen molar-refractivity contribution >= 4 is 51.7 Å². The van der Waals surface area contributed by atoms with Crippen LogP contribution in [0.4, 0.5) is 10.5 Å². The number of hydrogen-bond donors (Lipinski definition) is 4. The van der Waals surface area contributed by atoms with Crippen LogP contribution in [0.5, 0.6) is 0 Å². The van der Waals surface area contributed by atoms with Crippen molar-refractivity contribution in [1.82, 2.24) is 20.9 Å². The number of benzene rings is 1. The summed E-state index contributed by atoms with van der Waals surface area (Å²) < 4.78 is 0.762. The first-order valence-corrected chi connectivity index (χ1v) is 12.1. The Kier molecular flexibility index (Phi) is 6.67. The molecule has 4 rings (SSSR count). The number of aldehydes is 1. The topological polar surface area (TPSA) is 136 Å².